The number of pyridine rings is 1. The van der Waals surface area contributed by atoms with Crippen molar-refractivity contribution in [1.82, 2.24) is 4.73 Å². The second-order valence-electron chi connectivity index (χ2n) is 7.71. The van der Waals surface area contributed by atoms with Crippen molar-refractivity contribution in [3.63, 3.8) is 0 Å². The van der Waals surface area contributed by atoms with Gasteiger partial charge in [0.2, 0.25) is 5.82 Å². The number of ketones is 1. The van der Waals surface area contributed by atoms with Crippen LogP contribution in [0.5, 0.6) is 5.75 Å². The second kappa shape index (κ2) is 7.98. The molecule has 1 saturated heterocycles. The number of carbonyl (C=O) groups excluding carboxylic acids is 2. The van der Waals surface area contributed by atoms with E-state index in [0.29, 0.717) is 16.7 Å². The van der Waals surface area contributed by atoms with Crippen molar-refractivity contribution in [2.45, 2.75) is 44.8 Å². The standard InChI is InChI=1S/C21H22F2N2O5/c1-11(26)16-9-12(7-8-25(16)28)24-20(27)19-14(10-21(2,3)30-19)13-5-6-15(22)17(23)18(13)29-4/h5-9,14,19,28H,10H2,1-4H3/t14-,19+/m0/s1. The number of nitrogens with zero attached hydrogens (tertiary/aromatic N) is 2. The van der Waals surface area contributed by atoms with E-state index in [1.54, 1.807) is 13.8 Å². The van der Waals surface area contributed by atoms with Gasteiger partial charge in [0.25, 0.3) is 5.91 Å². The third-order valence-corrected chi connectivity index (χ3v) is 4.97. The van der Waals surface area contributed by atoms with Crippen LogP contribution in [0.25, 0.3) is 0 Å². The van der Waals surface area contributed by atoms with Gasteiger partial charge in [-0.1, -0.05) is 6.07 Å². The fraction of sp³-hybridized carbons (Fsp3) is 0.381. The number of rotatable bonds is 4. The highest BCUT2D eigenvalue weighted by Crippen LogP contribution is 2.45. The molecule has 1 aromatic heterocycles. The van der Waals surface area contributed by atoms with Crippen LogP contribution in [0.2, 0.25) is 0 Å². The summed E-state index contributed by atoms with van der Waals surface area (Å²) in [5, 5.41) is 9.83. The molecule has 160 valence electrons. The monoisotopic (exact) mass is 420 g/mol. The smallest absolute Gasteiger partial charge is 0.275 e. The van der Waals surface area contributed by atoms with Crippen molar-refractivity contribution >= 4 is 11.7 Å². The lowest BCUT2D eigenvalue weighted by Gasteiger charge is -2.19. The Bertz CT molecular complexity index is 1080. The molecule has 2 aromatic rings. The highest BCUT2D eigenvalue weighted by atomic mass is 19.2. The van der Waals surface area contributed by atoms with E-state index in [9.17, 15) is 23.6 Å². The van der Waals surface area contributed by atoms with Crippen molar-refractivity contribution in [3.8, 4) is 5.75 Å². The zero-order valence-corrected chi connectivity index (χ0v) is 17.0. The molecule has 30 heavy (non-hydrogen) atoms. The summed E-state index contributed by atoms with van der Waals surface area (Å²) in [6, 6.07) is 4.98. The van der Waals surface area contributed by atoms with Gasteiger partial charge in [0.05, 0.1) is 18.1 Å². The predicted molar refractivity (Wildman–Crippen MR) is 101 cm³/mol. The minimum atomic E-state index is -1.13. The summed E-state index contributed by atoms with van der Waals surface area (Å²) in [5.41, 5.74) is -0.456. The molecule has 0 bridgehead atoms. The first-order valence-corrected chi connectivity index (χ1v) is 9.25. The number of methoxy groups -OCH3 is 1. The number of carbonyl (C=O) groups is 2. The van der Waals surface area contributed by atoms with E-state index in [1.165, 1.54) is 38.4 Å². The summed E-state index contributed by atoms with van der Waals surface area (Å²) in [6.45, 7) is 4.83. The highest BCUT2D eigenvalue weighted by Gasteiger charge is 2.46. The van der Waals surface area contributed by atoms with Gasteiger partial charge in [0.1, 0.15) is 11.8 Å². The molecule has 1 N–H and O–H groups in total. The van der Waals surface area contributed by atoms with Crippen LogP contribution in [-0.4, -0.2) is 40.4 Å². The third-order valence-electron chi connectivity index (χ3n) is 4.97. The van der Waals surface area contributed by atoms with E-state index in [2.05, 4.69) is 4.99 Å². The van der Waals surface area contributed by atoms with Gasteiger partial charge in [-0.3, -0.25) is 9.59 Å². The molecule has 1 aliphatic heterocycles. The number of hydrogen-bond acceptors (Lipinski definition) is 5. The first-order chi connectivity index (χ1) is 14.0. The van der Waals surface area contributed by atoms with Crippen LogP contribution >= 0.6 is 0 Å². The van der Waals surface area contributed by atoms with E-state index < -0.39 is 40.9 Å². The molecule has 1 fully saturated rings. The Balaban J connectivity index is 2.04. The van der Waals surface area contributed by atoms with Gasteiger partial charge < -0.3 is 14.7 Å². The van der Waals surface area contributed by atoms with Crippen LogP contribution in [0, 0.1) is 11.6 Å². The molecule has 1 aromatic carbocycles. The molecule has 0 aliphatic carbocycles. The first kappa shape index (κ1) is 21.6. The molecule has 0 spiro atoms. The summed E-state index contributed by atoms with van der Waals surface area (Å²) in [5.74, 6) is -4.16. The lowest BCUT2D eigenvalue weighted by atomic mass is 9.87. The quantitative estimate of drug-likeness (QED) is 0.607. The normalized spacial score (nSPS) is 20.9. The SMILES string of the molecule is COc1c([C@@H]2CC(C)(C)O[C@H]2C(=O)N=c2ccn(O)c(C(C)=O)c2)ccc(F)c1F. The Morgan fingerprint density at radius 2 is 2.00 bits per heavy atom. The predicted octanol–water partition coefficient (Wildman–Crippen LogP) is 2.99. The topological polar surface area (TPSA) is 90.1 Å². The zero-order chi connectivity index (χ0) is 22.2. The molecule has 2 atom stereocenters. The van der Waals surface area contributed by atoms with Crippen molar-refractivity contribution in [3.05, 3.63) is 58.7 Å². The number of ether oxygens (including phenoxy) is 2. The van der Waals surface area contributed by atoms with Crippen molar-refractivity contribution in [2.75, 3.05) is 7.11 Å². The second-order valence-corrected chi connectivity index (χ2v) is 7.71. The Kier molecular flexibility index (Phi) is 5.76. The van der Waals surface area contributed by atoms with Crippen LogP contribution < -0.4 is 10.1 Å². The fourth-order valence-corrected chi connectivity index (χ4v) is 3.66. The number of benzene rings is 1. The summed E-state index contributed by atoms with van der Waals surface area (Å²) < 4.78 is 39.5. The van der Waals surface area contributed by atoms with E-state index in [0.717, 1.165) is 6.07 Å². The van der Waals surface area contributed by atoms with Crippen molar-refractivity contribution in [2.24, 2.45) is 4.99 Å². The first-order valence-electron chi connectivity index (χ1n) is 9.25. The molecule has 1 aliphatic rings. The van der Waals surface area contributed by atoms with Crippen molar-refractivity contribution < 1.29 is 33.1 Å². The van der Waals surface area contributed by atoms with Crippen molar-refractivity contribution in [1.29, 1.82) is 0 Å². The molecule has 0 radical (unpaired) electrons. The molecular weight excluding hydrogens is 398 g/mol. The van der Waals surface area contributed by atoms with E-state index in [4.69, 9.17) is 9.47 Å². The van der Waals surface area contributed by atoms with Gasteiger partial charge in [-0.25, -0.2) is 9.38 Å². The van der Waals surface area contributed by atoms with Gasteiger partial charge >= 0.3 is 0 Å². The van der Waals surface area contributed by atoms with Crippen LogP contribution in [0.1, 0.15) is 49.2 Å². The lowest BCUT2D eigenvalue weighted by Crippen LogP contribution is -2.28. The molecular formula is C21H22F2N2O5. The van der Waals surface area contributed by atoms with Gasteiger partial charge in [-0.2, -0.15) is 9.12 Å². The maximum Gasteiger partial charge on any atom is 0.275 e. The Labute approximate surface area is 171 Å². The number of amides is 1. The van der Waals surface area contributed by atoms with Crippen LogP contribution in [0.3, 0.4) is 0 Å². The van der Waals surface area contributed by atoms with Gasteiger partial charge in [-0.15, -0.1) is 0 Å². The van der Waals surface area contributed by atoms with Crippen LogP contribution in [0.15, 0.2) is 35.5 Å². The average Bonchev–Trinajstić information content (AvgIpc) is 3.00. The summed E-state index contributed by atoms with van der Waals surface area (Å²) in [6.07, 6.45) is 0.476. The summed E-state index contributed by atoms with van der Waals surface area (Å²) in [7, 11) is 1.22. The molecule has 2 heterocycles. The van der Waals surface area contributed by atoms with E-state index >= 15 is 0 Å². The minimum absolute atomic E-state index is 0.0458. The Morgan fingerprint density at radius 1 is 1.30 bits per heavy atom. The maximum atomic E-state index is 14.2. The molecule has 1 amide bonds. The summed E-state index contributed by atoms with van der Waals surface area (Å²) in [4.78, 5) is 28.6. The number of hydrogen-bond donors (Lipinski definition) is 1. The van der Waals surface area contributed by atoms with Crippen LogP contribution in [0.4, 0.5) is 8.78 Å². The molecule has 9 heteroatoms. The zero-order valence-electron chi connectivity index (χ0n) is 17.0. The van der Waals surface area contributed by atoms with Gasteiger partial charge in [0.15, 0.2) is 17.3 Å². The minimum Gasteiger partial charge on any atom is -0.493 e. The molecule has 3 rings (SSSR count). The van der Waals surface area contributed by atoms with Gasteiger partial charge in [0, 0.05) is 24.6 Å². The largest absolute Gasteiger partial charge is 0.493 e. The van der Waals surface area contributed by atoms with Gasteiger partial charge in [-0.05, 0) is 38.5 Å². The maximum absolute atomic E-state index is 14.2. The van der Waals surface area contributed by atoms with E-state index in [-0.39, 0.29) is 16.8 Å². The van der Waals surface area contributed by atoms with Crippen LogP contribution in [-0.2, 0) is 9.53 Å². The Hall–Kier alpha value is -3.07. The summed E-state index contributed by atoms with van der Waals surface area (Å²) >= 11 is 0. The average molecular weight is 420 g/mol. The Morgan fingerprint density at radius 3 is 2.63 bits per heavy atom. The number of halogens is 2. The lowest BCUT2D eigenvalue weighted by molar-refractivity contribution is -0.132. The molecule has 0 unspecified atom stereocenters. The third kappa shape index (κ3) is 4.11. The highest BCUT2D eigenvalue weighted by molar-refractivity contribution is 5.92. The fourth-order valence-electron chi connectivity index (χ4n) is 3.66. The van der Waals surface area contributed by atoms with E-state index in [1.807, 2.05) is 0 Å². The number of Topliss-reactive ketones (excluding diaryl/α,β-unsaturated/α-hetero) is 1. The molecule has 7 nitrogen and oxygen atoms in total. The number of aromatic nitrogens is 1. The molecule has 0 saturated carbocycles.